The Kier molecular flexibility index (Phi) is 6.10. The van der Waals surface area contributed by atoms with E-state index < -0.39 is 0 Å². The molecule has 0 bridgehead atoms. The van der Waals surface area contributed by atoms with Crippen LogP contribution >= 0.6 is 23.2 Å². The number of rotatable bonds is 4. The highest BCUT2D eigenvalue weighted by atomic mass is 35.5. The highest BCUT2D eigenvalue weighted by Gasteiger charge is 2.35. The van der Waals surface area contributed by atoms with Crippen molar-refractivity contribution in [1.82, 2.24) is 0 Å². The fraction of sp³-hybridized carbons (Fsp3) is 0.194. The van der Waals surface area contributed by atoms with E-state index in [1.54, 1.807) is 6.21 Å². The van der Waals surface area contributed by atoms with Crippen molar-refractivity contribution in [3.05, 3.63) is 129 Å². The van der Waals surface area contributed by atoms with Crippen molar-refractivity contribution in [1.29, 1.82) is 0 Å². The first-order valence-corrected chi connectivity index (χ1v) is 13.0. The average molecular weight is 497 g/mol. The minimum atomic E-state index is 0.356. The second kappa shape index (κ2) is 9.53. The SMILES string of the molecule is Clc1cccc(Cl)c1C=Nc1cc2c3c(c1)[C@H](c1ccccc1)CCN3CC[C@H]2c1ccccc1. The zero-order chi connectivity index (χ0) is 23.8. The van der Waals surface area contributed by atoms with Crippen molar-refractivity contribution in [2.24, 2.45) is 4.99 Å². The second-order valence-electron chi connectivity index (χ2n) is 9.36. The Morgan fingerprint density at radius 2 is 1.20 bits per heavy atom. The molecule has 35 heavy (non-hydrogen) atoms. The lowest BCUT2D eigenvalue weighted by atomic mass is 9.76. The van der Waals surface area contributed by atoms with Crippen LogP contribution in [0.15, 0.2) is 96.0 Å². The average Bonchev–Trinajstić information content (AvgIpc) is 2.90. The van der Waals surface area contributed by atoms with Crippen molar-refractivity contribution in [3.8, 4) is 0 Å². The largest absolute Gasteiger partial charge is 0.371 e. The minimum absolute atomic E-state index is 0.356. The van der Waals surface area contributed by atoms with Crippen LogP contribution in [0.4, 0.5) is 11.4 Å². The summed E-state index contributed by atoms with van der Waals surface area (Å²) in [5.41, 5.74) is 8.58. The second-order valence-corrected chi connectivity index (χ2v) is 10.2. The van der Waals surface area contributed by atoms with E-state index in [0.717, 1.165) is 37.2 Å². The number of nitrogens with zero attached hydrogens (tertiary/aromatic N) is 2. The van der Waals surface area contributed by atoms with Gasteiger partial charge in [-0.15, -0.1) is 0 Å². The van der Waals surface area contributed by atoms with Crippen molar-refractivity contribution in [2.45, 2.75) is 24.7 Å². The van der Waals surface area contributed by atoms with Crippen molar-refractivity contribution in [2.75, 3.05) is 18.0 Å². The van der Waals surface area contributed by atoms with E-state index >= 15 is 0 Å². The molecule has 6 rings (SSSR count). The fourth-order valence-corrected chi connectivity index (χ4v) is 6.18. The van der Waals surface area contributed by atoms with Gasteiger partial charge in [0.15, 0.2) is 0 Å². The molecule has 2 aliphatic heterocycles. The van der Waals surface area contributed by atoms with Gasteiger partial charge in [0.25, 0.3) is 0 Å². The Hall–Kier alpha value is -3.07. The van der Waals surface area contributed by atoms with E-state index in [4.69, 9.17) is 28.2 Å². The summed E-state index contributed by atoms with van der Waals surface area (Å²) in [4.78, 5) is 7.49. The molecule has 2 atom stereocenters. The van der Waals surface area contributed by atoms with Crippen LogP contribution in [0.2, 0.25) is 10.0 Å². The number of hydrogen-bond acceptors (Lipinski definition) is 2. The number of aliphatic imine (C=N–C) groups is 1. The van der Waals surface area contributed by atoms with E-state index in [1.165, 1.54) is 27.9 Å². The van der Waals surface area contributed by atoms with Crippen LogP contribution in [0.1, 0.15) is 52.5 Å². The van der Waals surface area contributed by atoms with Crippen molar-refractivity contribution in [3.63, 3.8) is 0 Å². The van der Waals surface area contributed by atoms with Gasteiger partial charge < -0.3 is 4.90 Å². The molecule has 0 saturated carbocycles. The summed E-state index contributed by atoms with van der Waals surface area (Å²) >= 11 is 12.8. The Morgan fingerprint density at radius 3 is 1.71 bits per heavy atom. The molecular formula is C31H26Cl2N2. The lowest BCUT2D eigenvalue weighted by Gasteiger charge is -2.43. The lowest BCUT2D eigenvalue weighted by molar-refractivity contribution is 0.571. The molecule has 0 N–H and O–H groups in total. The predicted molar refractivity (Wildman–Crippen MR) is 148 cm³/mol. The Bertz CT molecular complexity index is 1290. The summed E-state index contributed by atoms with van der Waals surface area (Å²) in [6.45, 7) is 2.16. The van der Waals surface area contributed by atoms with Gasteiger partial charge in [-0.25, -0.2) is 0 Å². The molecule has 2 heterocycles. The van der Waals surface area contributed by atoms with E-state index in [9.17, 15) is 0 Å². The molecule has 4 aromatic carbocycles. The monoisotopic (exact) mass is 496 g/mol. The van der Waals surface area contributed by atoms with E-state index in [1.807, 2.05) is 18.2 Å². The summed E-state index contributed by atoms with van der Waals surface area (Å²) in [7, 11) is 0. The number of anilines is 1. The normalized spacial score (nSPS) is 19.1. The molecule has 0 aromatic heterocycles. The van der Waals surface area contributed by atoms with Crippen molar-refractivity contribution < 1.29 is 0 Å². The lowest BCUT2D eigenvalue weighted by Crippen LogP contribution is -2.37. The standard InChI is InChI=1S/C31H26Cl2N2/c32-29-12-7-13-30(33)28(29)20-34-23-18-26-24(21-8-3-1-4-9-21)14-16-35-17-15-25(27(19-23)31(26)35)22-10-5-2-6-11-22/h1-13,18-20,24-25H,14-17H2/t24-,25-/m0/s1. The molecule has 0 spiro atoms. The Labute approximate surface area is 216 Å². The molecule has 0 aliphatic carbocycles. The number of hydrogen-bond donors (Lipinski definition) is 0. The van der Waals surface area contributed by atoms with Gasteiger partial charge >= 0.3 is 0 Å². The third-order valence-corrected chi connectivity index (χ3v) is 8.00. The fourth-order valence-electron chi connectivity index (χ4n) is 5.69. The molecule has 0 amide bonds. The molecule has 0 unspecified atom stereocenters. The summed E-state index contributed by atoms with van der Waals surface area (Å²) in [5.74, 6) is 0.713. The first-order valence-electron chi connectivity index (χ1n) is 12.2. The van der Waals surface area contributed by atoms with E-state index in [0.29, 0.717) is 21.9 Å². The predicted octanol–water partition coefficient (Wildman–Crippen LogP) is 8.62. The zero-order valence-corrected chi connectivity index (χ0v) is 20.9. The maximum Gasteiger partial charge on any atom is 0.0637 e. The summed E-state index contributed by atoms with van der Waals surface area (Å²) in [6.07, 6.45) is 4.02. The van der Waals surface area contributed by atoms with E-state index in [2.05, 4.69) is 77.7 Å². The van der Waals surface area contributed by atoms with Crippen LogP contribution in [-0.2, 0) is 0 Å². The van der Waals surface area contributed by atoms with Gasteiger partial charge in [0.2, 0.25) is 0 Å². The summed E-state index contributed by atoms with van der Waals surface area (Å²) in [6, 6.07) is 31.9. The molecule has 0 fully saturated rings. The first-order chi connectivity index (χ1) is 17.2. The van der Waals surface area contributed by atoms with Gasteiger partial charge in [0, 0.05) is 42.4 Å². The quantitative estimate of drug-likeness (QED) is 0.258. The summed E-state index contributed by atoms with van der Waals surface area (Å²) in [5, 5.41) is 1.21. The number of benzene rings is 4. The molecule has 2 aliphatic rings. The molecule has 0 saturated heterocycles. The zero-order valence-electron chi connectivity index (χ0n) is 19.4. The Balaban J connectivity index is 1.52. The molecule has 174 valence electrons. The van der Waals surface area contributed by atoms with Crippen LogP contribution in [0.25, 0.3) is 0 Å². The maximum atomic E-state index is 6.42. The van der Waals surface area contributed by atoms with Gasteiger partial charge in [-0.05, 0) is 59.4 Å². The smallest absolute Gasteiger partial charge is 0.0637 e. The Morgan fingerprint density at radius 1 is 0.686 bits per heavy atom. The van der Waals surface area contributed by atoms with Crippen LogP contribution < -0.4 is 4.90 Å². The van der Waals surface area contributed by atoms with Crippen molar-refractivity contribution >= 4 is 40.8 Å². The van der Waals surface area contributed by atoms with Crippen LogP contribution in [0.5, 0.6) is 0 Å². The molecule has 4 aromatic rings. The van der Waals surface area contributed by atoms with Crippen LogP contribution in [0, 0.1) is 0 Å². The maximum absolute atomic E-state index is 6.42. The first kappa shape index (κ1) is 22.4. The van der Waals surface area contributed by atoms with Crippen LogP contribution in [0.3, 0.4) is 0 Å². The molecular weight excluding hydrogens is 471 g/mol. The number of halogens is 2. The van der Waals surface area contributed by atoms with Gasteiger partial charge in [0.05, 0.1) is 15.7 Å². The molecule has 4 heteroatoms. The highest BCUT2D eigenvalue weighted by molar-refractivity contribution is 6.38. The van der Waals surface area contributed by atoms with E-state index in [-0.39, 0.29) is 0 Å². The topological polar surface area (TPSA) is 15.6 Å². The van der Waals surface area contributed by atoms with Gasteiger partial charge in [0.1, 0.15) is 0 Å². The van der Waals surface area contributed by atoms with Gasteiger partial charge in [-0.3, -0.25) is 4.99 Å². The minimum Gasteiger partial charge on any atom is -0.371 e. The molecule has 2 nitrogen and oxygen atoms in total. The highest BCUT2D eigenvalue weighted by Crippen LogP contribution is 2.50. The van der Waals surface area contributed by atoms with Gasteiger partial charge in [-0.2, -0.15) is 0 Å². The summed E-state index contributed by atoms with van der Waals surface area (Å²) < 4.78 is 0. The van der Waals surface area contributed by atoms with Crippen LogP contribution in [-0.4, -0.2) is 19.3 Å². The van der Waals surface area contributed by atoms with Gasteiger partial charge in [-0.1, -0.05) is 89.9 Å². The third kappa shape index (κ3) is 4.26. The molecule has 0 radical (unpaired) electrons. The third-order valence-electron chi connectivity index (χ3n) is 7.34.